The van der Waals surface area contributed by atoms with E-state index in [1.54, 1.807) is 0 Å². The fraction of sp³-hybridized carbons (Fsp3) is 0.625. The van der Waals surface area contributed by atoms with Gasteiger partial charge in [0.15, 0.2) is 0 Å². The lowest BCUT2D eigenvalue weighted by atomic mass is 9.92. The van der Waals surface area contributed by atoms with Gasteiger partial charge in [0.2, 0.25) is 0 Å². The van der Waals surface area contributed by atoms with E-state index in [2.05, 4.69) is 11.0 Å². The number of aliphatic hydroxyl groups is 1. The van der Waals surface area contributed by atoms with Crippen LogP contribution in [0.15, 0.2) is 24.3 Å². The van der Waals surface area contributed by atoms with Gasteiger partial charge in [0.05, 0.1) is 6.61 Å². The van der Waals surface area contributed by atoms with Crippen molar-refractivity contribution in [3.05, 3.63) is 34.9 Å². The van der Waals surface area contributed by atoms with Crippen molar-refractivity contribution < 1.29 is 5.11 Å². The minimum atomic E-state index is 0.143. The first-order chi connectivity index (χ1) is 9.76. The third-order valence-corrected chi connectivity index (χ3v) is 4.49. The average Bonchev–Trinajstić information content (AvgIpc) is 2.48. The Hall–Kier alpha value is -0.610. The molecule has 0 bridgehead atoms. The second kappa shape index (κ2) is 7.99. The zero-order valence-electron chi connectivity index (χ0n) is 12.0. The SMILES string of the molecule is NCC(c1cccc(Cl)c1)N(CCO)C1CCCCC1. The molecule has 112 valence electrons. The largest absolute Gasteiger partial charge is 0.395 e. The summed E-state index contributed by atoms with van der Waals surface area (Å²) in [6.07, 6.45) is 6.29. The lowest BCUT2D eigenvalue weighted by molar-refractivity contribution is 0.0829. The summed E-state index contributed by atoms with van der Waals surface area (Å²) in [6, 6.07) is 8.60. The van der Waals surface area contributed by atoms with E-state index >= 15 is 0 Å². The molecule has 1 atom stereocenters. The third-order valence-electron chi connectivity index (χ3n) is 4.26. The van der Waals surface area contributed by atoms with Crippen LogP contribution in [0.25, 0.3) is 0 Å². The first-order valence-electron chi connectivity index (χ1n) is 7.58. The van der Waals surface area contributed by atoms with Crippen molar-refractivity contribution in [2.45, 2.75) is 44.2 Å². The summed E-state index contributed by atoms with van der Waals surface area (Å²) in [5, 5.41) is 10.1. The van der Waals surface area contributed by atoms with Crippen molar-refractivity contribution in [2.75, 3.05) is 19.7 Å². The van der Waals surface area contributed by atoms with Crippen LogP contribution >= 0.6 is 11.6 Å². The van der Waals surface area contributed by atoms with Crippen LogP contribution < -0.4 is 5.73 Å². The number of hydrogen-bond donors (Lipinski definition) is 2. The fourth-order valence-corrected chi connectivity index (χ4v) is 3.50. The van der Waals surface area contributed by atoms with Gasteiger partial charge >= 0.3 is 0 Å². The molecule has 20 heavy (non-hydrogen) atoms. The summed E-state index contributed by atoms with van der Waals surface area (Å²) in [5.74, 6) is 0. The van der Waals surface area contributed by atoms with E-state index in [0.29, 0.717) is 19.1 Å². The zero-order chi connectivity index (χ0) is 14.4. The van der Waals surface area contributed by atoms with Crippen molar-refractivity contribution in [1.29, 1.82) is 0 Å². The molecule has 0 saturated heterocycles. The first-order valence-corrected chi connectivity index (χ1v) is 7.96. The normalized spacial score (nSPS) is 18.4. The lowest BCUT2D eigenvalue weighted by Crippen LogP contribution is -2.44. The van der Waals surface area contributed by atoms with Crippen molar-refractivity contribution in [1.82, 2.24) is 4.90 Å². The molecule has 2 rings (SSSR count). The summed E-state index contributed by atoms with van der Waals surface area (Å²) in [6.45, 7) is 1.41. The molecular formula is C16H25ClN2O. The molecule has 0 aromatic heterocycles. The van der Waals surface area contributed by atoms with Gasteiger partial charge in [-0.2, -0.15) is 0 Å². The van der Waals surface area contributed by atoms with E-state index in [0.717, 1.165) is 10.6 Å². The van der Waals surface area contributed by atoms with E-state index in [-0.39, 0.29) is 12.6 Å². The molecule has 0 aliphatic heterocycles. The minimum absolute atomic E-state index is 0.143. The van der Waals surface area contributed by atoms with Crippen LogP contribution in [0.2, 0.25) is 5.02 Å². The Morgan fingerprint density at radius 3 is 2.65 bits per heavy atom. The molecule has 0 heterocycles. The molecule has 1 aromatic rings. The minimum Gasteiger partial charge on any atom is -0.395 e. The van der Waals surface area contributed by atoms with E-state index in [1.807, 2.05) is 18.2 Å². The van der Waals surface area contributed by atoms with E-state index in [9.17, 15) is 5.11 Å². The monoisotopic (exact) mass is 296 g/mol. The van der Waals surface area contributed by atoms with Gasteiger partial charge in [-0.05, 0) is 30.5 Å². The number of hydrogen-bond acceptors (Lipinski definition) is 3. The highest BCUT2D eigenvalue weighted by Crippen LogP contribution is 2.30. The lowest BCUT2D eigenvalue weighted by Gasteiger charge is -2.39. The molecule has 3 N–H and O–H groups in total. The maximum Gasteiger partial charge on any atom is 0.0558 e. The van der Waals surface area contributed by atoms with E-state index < -0.39 is 0 Å². The highest BCUT2D eigenvalue weighted by atomic mass is 35.5. The summed E-state index contributed by atoms with van der Waals surface area (Å²) in [4.78, 5) is 2.38. The van der Waals surface area contributed by atoms with Gasteiger partial charge in [0.25, 0.3) is 0 Å². The summed E-state index contributed by atoms with van der Waals surface area (Å²) in [5.41, 5.74) is 7.18. The number of rotatable bonds is 6. The summed E-state index contributed by atoms with van der Waals surface area (Å²) >= 11 is 6.10. The maximum absolute atomic E-state index is 9.40. The second-order valence-corrected chi connectivity index (χ2v) is 6.00. The smallest absolute Gasteiger partial charge is 0.0558 e. The van der Waals surface area contributed by atoms with Crippen LogP contribution in [0.3, 0.4) is 0 Å². The van der Waals surface area contributed by atoms with Crippen LogP contribution in [-0.4, -0.2) is 35.7 Å². The van der Waals surface area contributed by atoms with Crippen molar-refractivity contribution in [2.24, 2.45) is 5.73 Å². The average molecular weight is 297 g/mol. The number of benzene rings is 1. The van der Waals surface area contributed by atoms with Crippen LogP contribution in [0.5, 0.6) is 0 Å². The molecule has 0 spiro atoms. The topological polar surface area (TPSA) is 49.5 Å². The van der Waals surface area contributed by atoms with Crippen molar-refractivity contribution in [3.63, 3.8) is 0 Å². The molecule has 4 heteroatoms. The van der Waals surface area contributed by atoms with Crippen LogP contribution in [0, 0.1) is 0 Å². The molecule has 1 aromatic carbocycles. The molecule has 1 saturated carbocycles. The molecule has 1 aliphatic rings. The summed E-state index contributed by atoms with van der Waals surface area (Å²) in [7, 11) is 0. The van der Waals surface area contributed by atoms with Gasteiger partial charge in [-0.1, -0.05) is 43.0 Å². The Morgan fingerprint density at radius 2 is 2.05 bits per heavy atom. The highest BCUT2D eigenvalue weighted by molar-refractivity contribution is 6.30. The number of nitrogens with two attached hydrogens (primary N) is 1. The van der Waals surface area contributed by atoms with Gasteiger partial charge in [0.1, 0.15) is 0 Å². The standard InChI is InChI=1S/C16H25ClN2O/c17-14-6-4-5-13(11-14)16(12-18)19(9-10-20)15-7-2-1-3-8-15/h4-6,11,15-16,20H,1-3,7-10,12,18H2. The Labute approximate surface area is 126 Å². The first kappa shape index (κ1) is 15.8. The van der Waals surface area contributed by atoms with Gasteiger partial charge in [-0.25, -0.2) is 0 Å². The van der Waals surface area contributed by atoms with Gasteiger partial charge < -0.3 is 10.8 Å². The number of halogens is 1. The zero-order valence-corrected chi connectivity index (χ0v) is 12.7. The van der Waals surface area contributed by atoms with Crippen LogP contribution in [0.1, 0.15) is 43.7 Å². The summed E-state index contributed by atoms with van der Waals surface area (Å²) < 4.78 is 0. The second-order valence-electron chi connectivity index (χ2n) is 5.56. The molecule has 0 amide bonds. The number of nitrogens with zero attached hydrogens (tertiary/aromatic N) is 1. The molecule has 1 fully saturated rings. The molecule has 3 nitrogen and oxygen atoms in total. The molecular weight excluding hydrogens is 272 g/mol. The predicted molar refractivity (Wildman–Crippen MR) is 83.9 cm³/mol. The Balaban J connectivity index is 2.19. The number of aliphatic hydroxyl groups excluding tert-OH is 1. The van der Waals surface area contributed by atoms with Crippen molar-refractivity contribution in [3.8, 4) is 0 Å². The quantitative estimate of drug-likeness (QED) is 0.848. The fourth-order valence-electron chi connectivity index (χ4n) is 3.30. The van der Waals surface area contributed by atoms with Crippen molar-refractivity contribution >= 4 is 11.6 Å². The Morgan fingerprint density at radius 1 is 1.30 bits per heavy atom. The van der Waals surface area contributed by atoms with E-state index in [1.165, 1.54) is 32.1 Å². The highest BCUT2D eigenvalue weighted by Gasteiger charge is 2.27. The van der Waals surface area contributed by atoms with Gasteiger partial charge in [-0.15, -0.1) is 0 Å². The third kappa shape index (κ3) is 3.95. The maximum atomic E-state index is 9.40. The molecule has 0 radical (unpaired) electrons. The molecule has 1 unspecified atom stereocenters. The predicted octanol–water partition coefficient (Wildman–Crippen LogP) is 2.97. The Kier molecular flexibility index (Phi) is 6.30. The Bertz CT molecular complexity index is 407. The van der Waals surface area contributed by atoms with E-state index in [4.69, 9.17) is 17.3 Å². The van der Waals surface area contributed by atoms with Gasteiger partial charge in [-0.3, -0.25) is 4.90 Å². The van der Waals surface area contributed by atoms with Gasteiger partial charge in [0, 0.05) is 30.2 Å². The van der Waals surface area contributed by atoms with Crippen LogP contribution in [0.4, 0.5) is 0 Å². The van der Waals surface area contributed by atoms with Crippen LogP contribution in [-0.2, 0) is 0 Å². The molecule has 1 aliphatic carbocycles.